The highest BCUT2D eigenvalue weighted by Gasteiger charge is 2.20. The first kappa shape index (κ1) is 5.60. The molecule has 8 heavy (non-hydrogen) atoms. The Morgan fingerprint density at radius 1 is 1.75 bits per heavy atom. The summed E-state index contributed by atoms with van der Waals surface area (Å²) in [6, 6.07) is 0. The molecular formula is C6H11NO. The third kappa shape index (κ3) is 1.96. The predicted octanol–water partition coefficient (Wildman–Crippen LogP) is 0.532. The minimum absolute atomic E-state index is 0.0944. The van der Waals surface area contributed by atoms with E-state index in [1.165, 1.54) is 12.8 Å². The fraction of sp³-hybridized carbons (Fsp3) is 0.833. The van der Waals surface area contributed by atoms with Crippen LogP contribution in [0.25, 0.3) is 0 Å². The van der Waals surface area contributed by atoms with E-state index in [0.717, 1.165) is 12.5 Å². The second-order valence-electron chi connectivity index (χ2n) is 2.38. The third-order valence-electron chi connectivity index (χ3n) is 1.34. The maximum Gasteiger partial charge on any atom is 0.216 e. The monoisotopic (exact) mass is 113 g/mol. The molecule has 1 fully saturated rings. The van der Waals surface area contributed by atoms with E-state index in [2.05, 4.69) is 5.32 Å². The van der Waals surface area contributed by atoms with Crippen molar-refractivity contribution in [2.45, 2.75) is 19.8 Å². The van der Waals surface area contributed by atoms with E-state index in [0.29, 0.717) is 0 Å². The van der Waals surface area contributed by atoms with Gasteiger partial charge < -0.3 is 5.32 Å². The van der Waals surface area contributed by atoms with Gasteiger partial charge in [0, 0.05) is 13.5 Å². The molecule has 46 valence electrons. The first-order valence-electron chi connectivity index (χ1n) is 3.03. The summed E-state index contributed by atoms with van der Waals surface area (Å²) in [5, 5.41) is 2.77. The fourth-order valence-electron chi connectivity index (χ4n) is 0.610. The van der Waals surface area contributed by atoms with Crippen molar-refractivity contribution in [2.75, 3.05) is 6.54 Å². The molecule has 0 atom stereocenters. The van der Waals surface area contributed by atoms with Crippen molar-refractivity contribution < 1.29 is 4.79 Å². The van der Waals surface area contributed by atoms with E-state index in [9.17, 15) is 4.79 Å². The zero-order valence-corrected chi connectivity index (χ0v) is 5.11. The molecule has 0 aromatic carbocycles. The highest BCUT2D eigenvalue weighted by Crippen LogP contribution is 2.27. The van der Waals surface area contributed by atoms with Crippen LogP contribution < -0.4 is 5.32 Å². The molecule has 0 saturated heterocycles. The lowest BCUT2D eigenvalue weighted by Gasteiger charge is -1.95. The summed E-state index contributed by atoms with van der Waals surface area (Å²) in [5.74, 6) is 0.899. The quantitative estimate of drug-likeness (QED) is 0.556. The van der Waals surface area contributed by atoms with Crippen molar-refractivity contribution >= 4 is 5.91 Å². The van der Waals surface area contributed by atoms with Crippen LogP contribution in [0.1, 0.15) is 19.8 Å². The molecule has 0 bridgehead atoms. The number of hydrogen-bond donors (Lipinski definition) is 1. The van der Waals surface area contributed by atoms with E-state index >= 15 is 0 Å². The van der Waals surface area contributed by atoms with Crippen molar-refractivity contribution in [3.8, 4) is 0 Å². The van der Waals surface area contributed by atoms with E-state index in [-0.39, 0.29) is 5.91 Å². The van der Waals surface area contributed by atoms with E-state index in [1.54, 1.807) is 6.92 Å². The molecule has 0 spiro atoms. The molecule has 1 amide bonds. The number of carbonyl (C=O) groups excluding carboxylic acids is 1. The van der Waals surface area contributed by atoms with E-state index < -0.39 is 0 Å². The highest BCUT2D eigenvalue weighted by atomic mass is 16.1. The van der Waals surface area contributed by atoms with E-state index in [4.69, 9.17) is 0 Å². The van der Waals surface area contributed by atoms with Gasteiger partial charge in [0.25, 0.3) is 0 Å². The molecule has 1 N–H and O–H groups in total. The fourth-order valence-corrected chi connectivity index (χ4v) is 0.610. The molecule has 1 saturated carbocycles. The predicted molar refractivity (Wildman–Crippen MR) is 31.4 cm³/mol. The summed E-state index contributed by atoms with van der Waals surface area (Å²) >= 11 is 0. The SMILES string of the molecule is CC(=O)NCC1CC1. The summed E-state index contributed by atoms with van der Waals surface area (Å²) in [7, 11) is 0. The highest BCUT2D eigenvalue weighted by molar-refractivity contribution is 5.72. The largest absolute Gasteiger partial charge is 0.356 e. The Balaban J connectivity index is 1.95. The summed E-state index contributed by atoms with van der Waals surface area (Å²) in [6.45, 7) is 2.46. The molecule has 0 heterocycles. The van der Waals surface area contributed by atoms with Gasteiger partial charge in [0.1, 0.15) is 0 Å². The van der Waals surface area contributed by atoms with Crippen molar-refractivity contribution in [2.24, 2.45) is 5.92 Å². The Morgan fingerprint density at radius 3 is 2.75 bits per heavy atom. The molecule has 0 aliphatic heterocycles. The molecule has 1 rings (SSSR count). The van der Waals surface area contributed by atoms with Crippen molar-refractivity contribution in [1.29, 1.82) is 0 Å². The number of rotatable bonds is 2. The minimum Gasteiger partial charge on any atom is -0.356 e. The van der Waals surface area contributed by atoms with Gasteiger partial charge in [-0.05, 0) is 18.8 Å². The van der Waals surface area contributed by atoms with Crippen LogP contribution in [0.4, 0.5) is 0 Å². The van der Waals surface area contributed by atoms with Gasteiger partial charge in [0.2, 0.25) is 5.91 Å². The van der Waals surface area contributed by atoms with Crippen molar-refractivity contribution in [3.05, 3.63) is 0 Å². The standard InChI is InChI=1S/C6H11NO/c1-5(8)7-4-6-2-3-6/h6H,2-4H2,1H3,(H,7,8). The normalized spacial score (nSPS) is 18.1. The second-order valence-corrected chi connectivity index (χ2v) is 2.38. The Bertz CT molecular complexity index is 96.7. The van der Waals surface area contributed by atoms with Crippen LogP contribution in [-0.2, 0) is 4.79 Å². The van der Waals surface area contributed by atoms with Gasteiger partial charge in [0.05, 0.1) is 0 Å². The van der Waals surface area contributed by atoms with Gasteiger partial charge >= 0.3 is 0 Å². The number of nitrogens with one attached hydrogen (secondary N) is 1. The lowest BCUT2D eigenvalue weighted by molar-refractivity contribution is -0.119. The number of hydrogen-bond acceptors (Lipinski definition) is 1. The molecule has 0 unspecified atom stereocenters. The van der Waals surface area contributed by atoms with Crippen molar-refractivity contribution in [1.82, 2.24) is 5.32 Å². The first-order valence-corrected chi connectivity index (χ1v) is 3.03. The van der Waals surface area contributed by atoms with Gasteiger partial charge in [0.15, 0.2) is 0 Å². The number of amides is 1. The van der Waals surface area contributed by atoms with E-state index in [1.807, 2.05) is 0 Å². The Morgan fingerprint density at radius 2 is 2.38 bits per heavy atom. The van der Waals surface area contributed by atoms with Gasteiger partial charge in [-0.3, -0.25) is 4.79 Å². The lowest BCUT2D eigenvalue weighted by atomic mass is 10.4. The maximum atomic E-state index is 10.3. The number of carbonyl (C=O) groups is 1. The average molecular weight is 113 g/mol. The topological polar surface area (TPSA) is 29.1 Å². The molecular weight excluding hydrogens is 102 g/mol. The molecule has 0 radical (unpaired) electrons. The van der Waals surface area contributed by atoms with Crippen LogP contribution in [0, 0.1) is 5.92 Å². The van der Waals surface area contributed by atoms with Gasteiger partial charge in [-0.2, -0.15) is 0 Å². The third-order valence-corrected chi connectivity index (χ3v) is 1.34. The van der Waals surface area contributed by atoms with Crippen LogP contribution in [-0.4, -0.2) is 12.5 Å². The second kappa shape index (κ2) is 2.16. The zero-order chi connectivity index (χ0) is 5.98. The van der Waals surface area contributed by atoms with Gasteiger partial charge in [-0.1, -0.05) is 0 Å². The smallest absolute Gasteiger partial charge is 0.216 e. The molecule has 0 aromatic rings. The lowest BCUT2D eigenvalue weighted by Crippen LogP contribution is -2.21. The zero-order valence-electron chi connectivity index (χ0n) is 5.11. The van der Waals surface area contributed by atoms with Crippen LogP contribution in [0.15, 0.2) is 0 Å². The van der Waals surface area contributed by atoms with Gasteiger partial charge in [-0.15, -0.1) is 0 Å². The first-order chi connectivity index (χ1) is 3.79. The molecule has 2 nitrogen and oxygen atoms in total. The molecule has 2 heteroatoms. The van der Waals surface area contributed by atoms with Gasteiger partial charge in [-0.25, -0.2) is 0 Å². The van der Waals surface area contributed by atoms with Crippen molar-refractivity contribution in [3.63, 3.8) is 0 Å². The summed E-state index contributed by atoms with van der Waals surface area (Å²) in [4.78, 5) is 10.3. The average Bonchev–Trinajstić information content (AvgIpc) is 2.41. The maximum absolute atomic E-state index is 10.3. The Labute approximate surface area is 49.3 Å². The molecule has 1 aliphatic carbocycles. The van der Waals surface area contributed by atoms with Crippen LogP contribution in [0.2, 0.25) is 0 Å². The summed E-state index contributed by atoms with van der Waals surface area (Å²) in [5.41, 5.74) is 0. The minimum atomic E-state index is 0.0944. The summed E-state index contributed by atoms with van der Waals surface area (Å²) in [6.07, 6.45) is 2.61. The van der Waals surface area contributed by atoms with Crippen LogP contribution in [0.3, 0.4) is 0 Å². The van der Waals surface area contributed by atoms with Crippen LogP contribution >= 0.6 is 0 Å². The molecule has 0 aromatic heterocycles. The summed E-state index contributed by atoms with van der Waals surface area (Å²) < 4.78 is 0. The molecule has 1 aliphatic rings. The Kier molecular flexibility index (Phi) is 1.51. The Hall–Kier alpha value is -0.530. The van der Waals surface area contributed by atoms with Crippen LogP contribution in [0.5, 0.6) is 0 Å².